The standard InChI is InChI=1S/C9H15NO2S/c1-3-12-5-4-9-10-6-8(13-9)7(2)11/h6-7,11H,3-5H2,1-2H3. The number of rotatable bonds is 5. The van der Waals surface area contributed by atoms with Gasteiger partial charge in [-0.15, -0.1) is 11.3 Å². The second-order valence-corrected chi connectivity index (χ2v) is 3.93. The van der Waals surface area contributed by atoms with Crippen LogP contribution in [0.25, 0.3) is 0 Å². The van der Waals surface area contributed by atoms with Crippen LogP contribution in [0.5, 0.6) is 0 Å². The topological polar surface area (TPSA) is 42.4 Å². The highest BCUT2D eigenvalue weighted by Crippen LogP contribution is 2.20. The highest BCUT2D eigenvalue weighted by Gasteiger charge is 2.05. The van der Waals surface area contributed by atoms with Gasteiger partial charge in [0.15, 0.2) is 0 Å². The van der Waals surface area contributed by atoms with Gasteiger partial charge < -0.3 is 9.84 Å². The molecule has 0 amide bonds. The van der Waals surface area contributed by atoms with Crippen molar-refractivity contribution in [3.63, 3.8) is 0 Å². The Hall–Kier alpha value is -0.450. The van der Waals surface area contributed by atoms with Crippen LogP contribution in [0.2, 0.25) is 0 Å². The lowest BCUT2D eigenvalue weighted by molar-refractivity contribution is 0.151. The van der Waals surface area contributed by atoms with Crippen molar-refractivity contribution in [3.8, 4) is 0 Å². The molecular weight excluding hydrogens is 186 g/mol. The lowest BCUT2D eigenvalue weighted by Gasteiger charge is -1.97. The summed E-state index contributed by atoms with van der Waals surface area (Å²) in [6, 6.07) is 0. The van der Waals surface area contributed by atoms with Crippen molar-refractivity contribution in [2.24, 2.45) is 0 Å². The third-order valence-electron chi connectivity index (χ3n) is 1.65. The maximum atomic E-state index is 9.25. The zero-order valence-electron chi connectivity index (χ0n) is 7.99. The summed E-state index contributed by atoms with van der Waals surface area (Å²) >= 11 is 1.55. The van der Waals surface area contributed by atoms with Crippen molar-refractivity contribution in [1.29, 1.82) is 0 Å². The van der Waals surface area contributed by atoms with Gasteiger partial charge in [0.05, 0.1) is 22.6 Å². The average Bonchev–Trinajstić information content (AvgIpc) is 2.53. The Labute approximate surface area is 82.4 Å². The molecule has 3 nitrogen and oxygen atoms in total. The Morgan fingerprint density at radius 3 is 3.00 bits per heavy atom. The largest absolute Gasteiger partial charge is 0.388 e. The summed E-state index contributed by atoms with van der Waals surface area (Å²) in [6.07, 6.45) is 2.17. The van der Waals surface area contributed by atoms with Crippen molar-refractivity contribution in [2.75, 3.05) is 13.2 Å². The van der Waals surface area contributed by atoms with E-state index in [4.69, 9.17) is 4.74 Å². The van der Waals surface area contributed by atoms with Gasteiger partial charge in [-0.1, -0.05) is 0 Å². The molecule has 1 rings (SSSR count). The van der Waals surface area contributed by atoms with Crippen LogP contribution in [0.15, 0.2) is 6.20 Å². The molecule has 1 heterocycles. The van der Waals surface area contributed by atoms with Crippen molar-refractivity contribution in [2.45, 2.75) is 26.4 Å². The number of ether oxygens (including phenoxy) is 1. The van der Waals surface area contributed by atoms with Crippen LogP contribution in [-0.4, -0.2) is 23.3 Å². The number of aliphatic hydroxyl groups is 1. The summed E-state index contributed by atoms with van der Waals surface area (Å²) in [6.45, 7) is 5.18. The van der Waals surface area contributed by atoms with Gasteiger partial charge in [-0.2, -0.15) is 0 Å². The van der Waals surface area contributed by atoms with Gasteiger partial charge in [0.1, 0.15) is 0 Å². The molecule has 1 aromatic heterocycles. The van der Waals surface area contributed by atoms with Crippen LogP contribution in [0.3, 0.4) is 0 Å². The number of aromatic nitrogens is 1. The molecule has 74 valence electrons. The smallest absolute Gasteiger partial charge is 0.0951 e. The predicted molar refractivity (Wildman–Crippen MR) is 52.9 cm³/mol. The Morgan fingerprint density at radius 2 is 2.46 bits per heavy atom. The van der Waals surface area contributed by atoms with E-state index < -0.39 is 6.10 Å². The van der Waals surface area contributed by atoms with Crippen LogP contribution in [0.4, 0.5) is 0 Å². The maximum Gasteiger partial charge on any atom is 0.0951 e. The number of aliphatic hydroxyl groups excluding tert-OH is 1. The molecule has 0 saturated carbocycles. The zero-order chi connectivity index (χ0) is 9.68. The summed E-state index contributed by atoms with van der Waals surface area (Å²) in [5.41, 5.74) is 0. The molecule has 1 atom stereocenters. The second kappa shape index (κ2) is 5.32. The van der Waals surface area contributed by atoms with Crippen LogP contribution in [0, 0.1) is 0 Å². The fourth-order valence-electron chi connectivity index (χ4n) is 0.937. The first kappa shape index (κ1) is 10.6. The summed E-state index contributed by atoms with van der Waals surface area (Å²) in [7, 11) is 0. The summed E-state index contributed by atoms with van der Waals surface area (Å²) < 4.78 is 5.21. The van der Waals surface area contributed by atoms with Crippen molar-refractivity contribution in [3.05, 3.63) is 16.1 Å². The molecule has 1 N–H and O–H groups in total. The van der Waals surface area contributed by atoms with E-state index in [-0.39, 0.29) is 0 Å². The normalized spacial score (nSPS) is 13.2. The van der Waals surface area contributed by atoms with E-state index >= 15 is 0 Å². The summed E-state index contributed by atoms with van der Waals surface area (Å²) in [4.78, 5) is 5.11. The molecule has 1 unspecified atom stereocenters. The zero-order valence-corrected chi connectivity index (χ0v) is 8.80. The Kier molecular flexibility index (Phi) is 4.35. The van der Waals surface area contributed by atoms with E-state index in [9.17, 15) is 5.11 Å². The molecule has 0 spiro atoms. The molecule has 0 saturated heterocycles. The highest BCUT2D eigenvalue weighted by molar-refractivity contribution is 7.11. The minimum Gasteiger partial charge on any atom is -0.388 e. The Morgan fingerprint density at radius 1 is 1.69 bits per heavy atom. The lowest BCUT2D eigenvalue weighted by atomic mass is 10.4. The van der Waals surface area contributed by atoms with Crippen molar-refractivity contribution in [1.82, 2.24) is 4.98 Å². The van der Waals surface area contributed by atoms with E-state index in [1.165, 1.54) is 0 Å². The predicted octanol–water partition coefficient (Wildman–Crippen LogP) is 1.78. The molecule has 1 aromatic rings. The number of hydrogen-bond acceptors (Lipinski definition) is 4. The van der Waals surface area contributed by atoms with E-state index in [0.717, 1.165) is 22.9 Å². The van der Waals surface area contributed by atoms with Crippen LogP contribution in [0.1, 0.15) is 29.8 Å². The van der Waals surface area contributed by atoms with Gasteiger partial charge in [-0.25, -0.2) is 4.98 Å². The molecule has 13 heavy (non-hydrogen) atoms. The monoisotopic (exact) mass is 201 g/mol. The first-order chi connectivity index (χ1) is 6.24. The van der Waals surface area contributed by atoms with Crippen LogP contribution in [-0.2, 0) is 11.2 Å². The summed E-state index contributed by atoms with van der Waals surface area (Å²) in [5.74, 6) is 0. The van der Waals surface area contributed by atoms with Crippen molar-refractivity contribution >= 4 is 11.3 Å². The first-order valence-electron chi connectivity index (χ1n) is 4.44. The van der Waals surface area contributed by atoms with Gasteiger partial charge in [0.25, 0.3) is 0 Å². The molecule has 0 aliphatic rings. The minimum atomic E-state index is -0.404. The van der Waals surface area contributed by atoms with Crippen LogP contribution < -0.4 is 0 Å². The lowest BCUT2D eigenvalue weighted by Crippen LogP contribution is -1.96. The third kappa shape index (κ3) is 3.42. The van der Waals surface area contributed by atoms with E-state index in [0.29, 0.717) is 6.61 Å². The average molecular weight is 201 g/mol. The van der Waals surface area contributed by atoms with E-state index in [2.05, 4.69) is 4.98 Å². The highest BCUT2D eigenvalue weighted by atomic mass is 32.1. The molecule has 4 heteroatoms. The fourth-order valence-corrected chi connectivity index (χ4v) is 1.78. The maximum absolute atomic E-state index is 9.25. The number of thiazole rings is 1. The molecule has 0 aliphatic carbocycles. The molecule has 0 radical (unpaired) electrons. The number of nitrogens with zero attached hydrogens (tertiary/aromatic N) is 1. The Bertz CT molecular complexity index is 248. The first-order valence-corrected chi connectivity index (χ1v) is 5.26. The summed E-state index contributed by atoms with van der Waals surface area (Å²) in [5, 5.41) is 10.3. The van der Waals surface area contributed by atoms with Gasteiger partial charge in [0.2, 0.25) is 0 Å². The van der Waals surface area contributed by atoms with E-state index in [1.807, 2.05) is 6.92 Å². The van der Waals surface area contributed by atoms with Crippen LogP contribution >= 0.6 is 11.3 Å². The van der Waals surface area contributed by atoms with E-state index in [1.54, 1.807) is 24.5 Å². The van der Waals surface area contributed by atoms with Crippen molar-refractivity contribution < 1.29 is 9.84 Å². The van der Waals surface area contributed by atoms with Gasteiger partial charge >= 0.3 is 0 Å². The third-order valence-corrected chi connectivity index (χ3v) is 2.87. The molecule has 0 fully saturated rings. The number of hydrogen-bond donors (Lipinski definition) is 1. The molecule has 0 bridgehead atoms. The Balaban J connectivity index is 2.40. The molecule has 0 aromatic carbocycles. The fraction of sp³-hybridized carbons (Fsp3) is 0.667. The van der Waals surface area contributed by atoms with Gasteiger partial charge in [0, 0.05) is 19.2 Å². The minimum absolute atomic E-state index is 0.404. The molecular formula is C9H15NO2S. The molecule has 0 aliphatic heterocycles. The van der Waals surface area contributed by atoms with Gasteiger partial charge in [-0.05, 0) is 13.8 Å². The quantitative estimate of drug-likeness (QED) is 0.738. The second-order valence-electron chi connectivity index (χ2n) is 2.78. The SMILES string of the molecule is CCOCCc1ncc(C(C)O)s1. The van der Waals surface area contributed by atoms with Gasteiger partial charge in [-0.3, -0.25) is 0 Å².